The van der Waals surface area contributed by atoms with Crippen molar-refractivity contribution in [1.29, 1.82) is 0 Å². The van der Waals surface area contributed by atoms with Crippen molar-refractivity contribution in [2.45, 2.75) is 32.2 Å². The van der Waals surface area contributed by atoms with Gasteiger partial charge in [-0.2, -0.15) is 0 Å². The zero-order valence-corrected chi connectivity index (χ0v) is 7.47. The number of hydrogen-bond donors (Lipinski definition) is 3. The van der Waals surface area contributed by atoms with Gasteiger partial charge < -0.3 is 16.8 Å². The molecule has 1 unspecified atom stereocenters. The van der Waals surface area contributed by atoms with Crippen LogP contribution in [0, 0.1) is 0 Å². The molecule has 0 aliphatic carbocycles. The molecule has 0 aromatic heterocycles. The summed E-state index contributed by atoms with van der Waals surface area (Å²) in [5.41, 5.74) is 10.8. The van der Waals surface area contributed by atoms with E-state index in [-0.39, 0.29) is 0 Å². The summed E-state index contributed by atoms with van der Waals surface area (Å²) in [5, 5.41) is 3.41. The molecule has 0 amide bonds. The van der Waals surface area contributed by atoms with Crippen molar-refractivity contribution in [3.05, 3.63) is 0 Å². The minimum Gasteiger partial charge on any atom is -0.330 e. The van der Waals surface area contributed by atoms with Gasteiger partial charge in [0, 0.05) is 6.04 Å². The van der Waals surface area contributed by atoms with E-state index in [4.69, 9.17) is 11.5 Å². The number of nitrogens with one attached hydrogen (secondary N) is 1. The first kappa shape index (κ1) is 10.9. The normalized spacial score (nSPS) is 13.4. The monoisotopic (exact) mass is 159 g/mol. The Labute approximate surface area is 69.5 Å². The topological polar surface area (TPSA) is 64.1 Å². The quantitative estimate of drug-likeness (QED) is 0.460. The van der Waals surface area contributed by atoms with Gasteiger partial charge in [0.15, 0.2) is 0 Å². The Morgan fingerprint density at radius 3 is 2.45 bits per heavy atom. The van der Waals surface area contributed by atoms with Crippen molar-refractivity contribution in [3.63, 3.8) is 0 Å². The van der Waals surface area contributed by atoms with Crippen LogP contribution in [0.5, 0.6) is 0 Å². The largest absolute Gasteiger partial charge is 0.330 e. The van der Waals surface area contributed by atoms with Gasteiger partial charge in [0.2, 0.25) is 0 Å². The third kappa shape index (κ3) is 6.28. The summed E-state index contributed by atoms with van der Waals surface area (Å²) in [6, 6.07) is 0.589. The van der Waals surface area contributed by atoms with E-state index in [0.29, 0.717) is 6.04 Å². The molecular weight excluding hydrogens is 138 g/mol. The summed E-state index contributed by atoms with van der Waals surface area (Å²) in [6.45, 7) is 4.74. The Kier molecular flexibility index (Phi) is 7.89. The predicted octanol–water partition coefficient (Wildman–Crippen LogP) is 0.0522. The second kappa shape index (κ2) is 7.98. The van der Waals surface area contributed by atoms with Crippen LogP contribution in [0.4, 0.5) is 0 Å². The first-order valence-corrected chi connectivity index (χ1v) is 4.48. The highest BCUT2D eigenvalue weighted by Gasteiger charge is 2.01. The molecule has 0 aromatic rings. The molecule has 3 heteroatoms. The number of nitrogens with two attached hydrogens (primary N) is 2. The van der Waals surface area contributed by atoms with Crippen molar-refractivity contribution in [2.75, 3.05) is 19.6 Å². The van der Waals surface area contributed by atoms with Gasteiger partial charge >= 0.3 is 0 Å². The second-order valence-corrected chi connectivity index (χ2v) is 2.78. The van der Waals surface area contributed by atoms with Crippen LogP contribution in [0.3, 0.4) is 0 Å². The molecule has 0 saturated heterocycles. The van der Waals surface area contributed by atoms with Crippen LogP contribution in [-0.2, 0) is 0 Å². The molecule has 0 fully saturated rings. The summed E-state index contributed by atoms with van der Waals surface area (Å²) in [4.78, 5) is 0. The summed E-state index contributed by atoms with van der Waals surface area (Å²) in [5.74, 6) is 0. The molecule has 0 spiro atoms. The molecule has 0 radical (unpaired) electrons. The lowest BCUT2D eigenvalue weighted by Gasteiger charge is -2.14. The van der Waals surface area contributed by atoms with Crippen molar-refractivity contribution in [2.24, 2.45) is 11.5 Å². The molecule has 0 aliphatic heterocycles. The number of rotatable bonds is 7. The van der Waals surface area contributed by atoms with E-state index in [1.54, 1.807) is 0 Å². The van der Waals surface area contributed by atoms with E-state index in [9.17, 15) is 0 Å². The van der Waals surface area contributed by atoms with Gasteiger partial charge in [-0.25, -0.2) is 0 Å². The van der Waals surface area contributed by atoms with Crippen LogP contribution in [0.15, 0.2) is 0 Å². The van der Waals surface area contributed by atoms with Crippen LogP contribution < -0.4 is 16.8 Å². The molecule has 0 rings (SSSR count). The van der Waals surface area contributed by atoms with Crippen molar-refractivity contribution >= 4 is 0 Å². The Morgan fingerprint density at radius 1 is 1.27 bits per heavy atom. The first-order valence-electron chi connectivity index (χ1n) is 4.48. The molecule has 0 aromatic carbocycles. The van der Waals surface area contributed by atoms with Gasteiger partial charge in [-0.3, -0.25) is 0 Å². The standard InChI is InChI=1S/C8H21N3/c1-2-8(4-6-10)11-7-3-5-9/h8,11H,2-7,9-10H2,1H3. The Bertz CT molecular complexity index is 75.7. The van der Waals surface area contributed by atoms with E-state index >= 15 is 0 Å². The summed E-state index contributed by atoms with van der Waals surface area (Å²) < 4.78 is 0. The lowest BCUT2D eigenvalue weighted by molar-refractivity contribution is 0.470. The smallest absolute Gasteiger partial charge is 0.00764 e. The van der Waals surface area contributed by atoms with E-state index < -0.39 is 0 Å². The summed E-state index contributed by atoms with van der Waals surface area (Å²) >= 11 is 0. The van der Waals surface area contributed by atoms with Gasteiger partial charge in [-0.15, -0.1) is 0 Å². The van der Waals surface area contributed by atoms with E-state index in [1.165, 1.54) is 0 Å². The minimum atomic E-state index is 0.589. The molecule has 0 heterocycles. The highest BCUT2D eigenvalue weighted by molar-refractivity contribution is 4.64. The molecule has 0 aliphatic rings. The molecule has 0 saturated carbocycles. The molecule has 5 N–H and O–H groups in total. The van der Waals surface area contributed by atoms with Crippen LogP contribution >= 0.6 is 0 Å². The van der Waals surface area contributed by atoms with Gasteiger partial charge in [0.05, 0.1) is 0 Å². The number of hydrogen-bond acceptors (Lipinski definition) is 3. The zero-order chi connectivity index (χ0) is 8.53. The van der Waals surface area contributed by atoms with Crippen LogP contribution in [0.2, 0.25) is 0 Å². The lowest BCUT2D eigenvalue weighted by Crippen LogP contribution is -2.32. The van der Waals surface area contributed by atoms with E-state index in [0.717, 1.165) is 38.9 Å². The van der Waals surface area contributed by atoms with Crippen LogP contribution in [-0.4, -0.2) is 25.7 Å². The molecule has 1 atom stereocenters. The highest BCUT2D eigenvalue weighted by Crippen LogP contribution is 1.94. The SMILES string of the molecule is CCC(CCN)NCCCN. The third-order valence-corrected chi connectivity index (χ3v) is 1.82. The average Bonchev–Trinajstić information content (AvgIpc) is 2.03. The van der Waals surface area contributed by atoms with E-state index in [1.807, 2.05) is 0 Å². The van der Waals surface area contributed by atoms with E-state index in [2.05, 4.69) is 12.2 Å². The third-order valence-electron chi connectivity index (χ3n) is 1.82. The summed E-state index contributed by atoms with van der Waals surface area (Å²) in [6.07, 6.45) is 3.28. The Balaban J connectivity index is 3.20. The second-order valence-electron chi connectivity index (χ2n) is 2.78. The lowest BCUT2D eigenvalue weighted by atomic mass is 10.1. The fourth-order valence-corrected chi connectivity index (χ4v) is 1.06. The highest BCUT2D eigenvalue weighted by atomic mass is 14.9. The molecule has 0 bridgehead atoms. The van der Waals surface area contributed by atoms with Gasteiger partial charge in [0.1, 0.15) is 0 Å². The summed E-state index contributed by atoms with van der Waals surface area (Å²) in [7, 11) is 0. The van der Waals surface area contributed by atoms with Crippen molar-refractivity contribution in [3.8, 4) is 0 Å². The molecular formula is C8H21N3. The van der Waals surface area contributed by atoms with Crippen molar-refractivity contribution < 1.29 is 0 Å². The van der Waals surface area contributed by atoms with Crippen LogP contribution in [0.1, 0.15) is 26.2 Å². The predicted molar refractivity (Wildman–Crippen MR) is 49.4 cm³/mol. The first-order chi connectivity index (χ1) is 5.35. The maximum Gasteiger partial charge on any atom is 0.00764 e. The molecule has 11 heavy (non-hydrogen) atoms. The maximum absolute atomic E-state index is 5.44. The Hall–Kier alpha value is -0.120. The van der Waals surface area contributed by atoms with Gasteiger partial charge in [-0.1, -0.05) is 6.92 Å². The average molecular weight is 159 g/mol. The van der Waals surface area contributed by atoms with Crippen molar-refractivity contribution in [1.82, 2.24) is 5.32 Å². The van der Waals surface area contributed by atoms with Gasteiger partial charge in [-0.05, 0) is 38.9 Å². The maximum atomic E-state index is 5.44. The molecule has 3 nitrogen and oxygen atoms in total. The Morgan fingerprint density at radius 2 is 2.00 bits per heavy atom. The fourth-order valence-electron chi connectivity index (χ4n) is 1.06. The van der Waals surface area contributed by atoms with Crippen LogP contribution in [0.25, 0.3) is 0 Å². The zero-order valence-electron chi connectivity index (χ0n) is 7.47. The fraction of sp³-hybridized carbons (Fsp3) is 1.00. The van der Waals surface area contributed by atoms with Gasteiger partial charge in [0.25, 0.3) is 0 Å². The molecule has 68 valence electrons. The minimum absolute atomic E-state index is 0.589.